The van der Waals surface area contributed by atoms with Gasteiger partial charge in [0, 0.05) is 26.7 Å². The molecule has 1 fully saturated rings. The van der Waals surface area contributed by atoms with E-state index in [1.165, 1.54) is 26.0 Å². The Kier molecular flexibility index (Phi) is 4.20. The zero-order valence-electron chi connectivity index (χ0n) is 17.9. The zero-order valence-corrected chi connectivity index (χ0v) is 17.9. The highest BCUT2D eigenvalue weighted by molar-refractivity contribution is 6.27. The number of carbonyl (C=O) groups excluding carboxylic acids is 4. The number of Topliss-reactive ketones (excluding diaryl/α,β-unsaturated/α-hetero) is 1. The van der Waals surface area contributed by atoms with Crippen LogP contribution < -0.4 is 5.32 Å². The lowest BCUT2D eigenvalue weighted by atomic mass is 9.83. The third-order valence-electron chi connectivity index (χ3n) is 6.38. The molecule has 0 aromatic heterocycles. The summed E-state index contributed by atoms with van der Waals surface area (Å²) in [6.07, 6.45) is 0.266. The molecule has 2 aliphatic heterocycles. The summed E-state index contributed by atoms with van der Waals surface area (Å²) in [5.41, 5.74) is 2.85. The average molecular weight is 431 g/mol. The summed E-state index contributed by atoms with van der Waals surface area (Å²) >= 11 is 0. The number of benzene rings is 2. The standard InChI is InChI=1S/C23H21N5O4/c1-26-19-23(20(30)27(2)22(26)32,24-21(31)28(3)25-19)12-18(29)16-10-6-9-15-14-8-5-4-7-13(14)11-17(15)16/h4-10H,11-12H2,1-3H3,(H,24,31). The quantitative estimate of drug-likeness (QED) is 0.641. The van der Waals surface area contributed by atoms with Gasteiger partial charge in [-0.1, -0.05) is 42.5 Å². The smallest absolute Gasteiger partial charge is 0.315 e. The fourth-order valence-electron chi connectivity index (χ4n) is 4.74. The van der Waals surface area contributed by atoms with Crippen molar-refractivity contribution >= 4 is 29.6 Å². The molecule has 9 heteroatoms. The van der Waals surface area contributed by atoms with Gasteiger partial charge in [-0.15, -0.1) is 0 Å². The largest absolute Gasteiger partial charge is 0.338 e. The number of carbonyl (C=O) groups is 4. The van der Waals surface area contributed by atoms with E-state index < -0.39 is 23.5 Å². The highest BCUT2D eigenvalue weighted by Gasteiger charge is 2.58. The van der Waals surface area contributed by atoms with Gasteiger partial charge in [0.1, 0.15) is 0 Å². The summed E-state index contributed by atoms with van der Waals surface area (Å²) in [7, 11) is 4.20. The van der Waals surface area contributed by atoms with Crippen molar-refractivity contribution in [1.29, 1.82) is 0 Å². The summed E-state index contributed by atoms with van der Waals surface area (Å²) in [4.78, 5) is 53.9. The van der Waals surface area contributed by atoms with E-state index in [4.69, 9.17) is 0 Å². The first-order chi connectivity index (χ1) is 15.2. The molecular formula is C23H21N5O4. The van der Waals surface area contributed by atoms with E-state index in [0.29, 0.717) is 12.0 Å². The number of urea groups is 2. The molecule has 0 saturated carbocycles. The summed E-state index contributed by atoms with van der Waals surface area (Å²) in [6, 6.07) is 12.3. The van der Waals surface area contributed by atoms with Crippen LogP contribution in [0.2, 0.25) is 0 Å². The number of ketones is 1. The second-order valence-electron chi connectivity index (χ2n) is 8.25. The van der Waals surface area contributed by atoms with Gasteiger partial charge in [0.25, 0.3) is 5.91 Å². The molecule has 1 saturated heterocycles. The number of hydrogen-bond donors (Lipinski definition) is 1. The zero-order chi connectivity index (χ0) is 22.8. The molecule has 1 unspecified atom stereocenters. The van der Waals surface area contributed by atoms with Crippen molar-refractivity contribution in [3.63, 3.8) is 0 Å². The molecule has 32 heavy (non-hydrogen) atoms. The van der Waals surface area contributed by atoms with Crippen LogP contribution in [0.5, 0.6) is 0 Å². The SMILES string of the molecule is CN1N=C2N(C)C(=O)N(C)C(=O)C2(CC(=O)c2cccc3c2Cc2ccccc2-3)NC1=O. The van der Waals surface area contributed by atoms with E-state index in [9.17, 15) is 19.2 Å². The van der Waals surface area contributed by atoms with Crippen molar-refractivity contribution in [3.05, 3.63) is 59.2 Å². The number of nitrogens with one attached hydrogen (secondary N) is 1. The highest BCUT2D eigenvalue weighted by Crippen LogP contribution is 2.39. The van der Waals surface area contributed by atoms with Crippen LogP contribution in [0.25, 0.3) is 11.1 Å². The van der Waals surface area contributed by atoms with Gasteiger partial charge < -0.3 is 5.32 Å². The molecule has 9 nitrogen and oxygen atoms in total. The van der Waals surface area contributed by atoms with E-state index >= 15 is 0 Å². The van der Waals surface area contributed by atoms with Crippen molar-refractivity contribution in [2.75, 3.05) is 21.1 Å². The Morgan fingerprint density at radius 2 is 1.72 bits per heavy atom. The summed E-state index contributed by atoms with van der Waals surface area (Å²) in [5.74, 6) is -0.973. The van der Waals surface area contributed by atoms with Crippen molar-refractivity contribution in [2.45, 2.75) is 18.4 Å². The number of fused-ring (bicyclic) bond motifs is 4. The van der Waals surface area contributed by atoms with E-state index in [-0.39, 0.29) is 18.0 Å². The molecule has 0 spiro atoms. The second-order valence-corrected chi connectivity index (χ2v) is 8.25. The average Bonchev–Trinajstić information content (AvgIpc) is 3.17. The third-order valence-corrected chi connectivity index (χ3v) is 6.38. The maximum atomic E-state index is 13.6. The van der Waals surface area contributed by atoms with E-state index in [1.54, 1.807) is 6.07 Å². The number of imide groups is 1. The summed E-state index contributed by atoms with van der Waals surface area (Å²) < 4.78 is 0. The lowest BCUT2D eigenvalue weighted by Crippen LogP contribution is -2.76. The van der Waals surface area contributed by atoms with Gasteiger partial charge in [-0.25, -0.2) is 14.6 Å². The van der Waals surface area contributed by atoms with Gasteiger partial charge in [0.05, 0.1) is 6.42 Å². The van der Waals surface area contributed by atoms with Crippen molar-refractivity contribution in [2.24, 2.45) is 5.10 Å². The Balaban J connectivity index is 1.58. The van der Waals surface area contributed by atoms with E-state index in [1.807, 2.05) is 36.4 Å². The second kappa shape index (κ2) is 6.74. The number of hydrogen-bond acceptors (Lipinski definition) is 5. The Labute approximate surface area is 184 Å². The fraction of sp³-hybridized carbons (Fsp3) is 0.261. The van der Waals surface area contributed by atoms with Gasteiger partial charge in [0.2, 0.25) is 0 Å². The Hall–Kier alpha value is -4.01. The first-order valence-corrected chi connectivity index (χ1v) is 10.2. The number of rotatable bonds is 3. The predicted octanol–water partition coefficient (Wildman–Crippen LogP) is 2.06. The van der Waals surface area contributed by atoms with Gasteiger partial charge in [0.15, 0.2) is 17.2 Å². The molecule has 1 atom stereocenters. The topological polar surface area (TPSA) is 102 Å². The molecule has 3 aliphatic rings. The van der Waals surface area contributed by atoms with Crippen molar-refractivity contribution in [1.82, 2.24) is 20.1 Å². The van der Waals surface area contributed by atoms with Gasteiger partial charge in [-0.05, 0) is 28.7 Å². The minimum absolute atomic E-state index is 0.0249. The molecule has 5 amide bonds. The van der Waals surface area contributed by atoms with Crippen LogP contribution in [-0.4, -0.2) is 71.1 Å². The normalized spacial score (nSPS) is 21.7. The van der Waals surface area contributed by atoms with Gasteiger partial charge in [-0.2, -0.15) is 5.10 Å². The number of likely N-dealkylation sites (N-methyl/N-ethyl adjacent to an activating group) is 2. The summed E-state index contributed by atoms with van der Waals surface area (Å²) in [5, 5.41) is 7.83. The lowest BCUT2D eigenvalue weighted by molar-refractivity contribution is -0.133. The van der Waals surface area contributed by atoms with Crippen LogP contribution in [0.1, 0.15) is 27.9 Å². The Morgan fingerprint density at radius 1 is 1.00 bits per heavy atom. The number of amidine groups is 1. The fourth-order valence-corrected chi connectivity index (χ4v) is 4.74. The molecule has 1 N–H and O–H groups in total. The maximum Gasteiger partial charge on any atom is 0.338 e. The van der Waals surface area contributed by atoms with Crippen LogP contribution in [0.4, 0.5) is 9.59 Å². The maximum absolute atomic E-state index is 13.6. The first-order valence-electron chi connectivity index (χ1n) is 10.2. The predicted molar refractivity (Wildman–Crippen MR) is 116 cm³/mol. The van der Waals surface area contributed by atoms with Crippen LogP contribution in [-0.2, 0) is 11.2 Å². The van der Waals surface area contributed by atoms with E-state index in [2.05, 4.69) is 10.4 Å². The van der Waals surface area contributed by atoms with Crippen LogP contribution in [0.15, 0.2) is 47.6 Å². The minimum atomic E-state index is -1.76. The molecule has 2 heterocycles. The number of amides is 5. The Bertz CT molecular complexity index is 1250. The lowest BCUT2D eigenvalue weighted by Gasteiger charge is -2.46. The summed E-state index contributed by atoms with van der Waals surface area (Å²) in [6.45, 7) is 0. The van der Waals surface area contributed by atoms with Crippen molar-refractivity contribution in [3.8, 4) is 11.1 Å². The van der Waals surface area contributed by atoms with Crippen LogP contribution >= 0.6 is 0 Å². The molecule has 2 aromatic rings. The molecule has 5 rings (SSSR count). The van der Waals surface area contributed by atoms with Crippen LogP contribution in [0, 0.1) is 0 Å². The monoisotopic (exact) mass is 431 g/mol. The molecule has 0 radical (unpaired) electrons. The van der Waals surface area contributed by atoms with Crippen LogP contribution in [0.3, 0.4) is 0 Å². The minimum Gasteiger partial charge on any atom is -0.315 e. The highest BCUT2D eigenvalue weighted by atomic mass is 16.2. The van der Waals surface area contributed by atoms with Crippen molar-refractivity contribution < 1.29 is 19.2 Å². The molecule has 1 aliphatic carbocycles. The van der Waals surface area contributed by atoms with Gasteiger partial charge >= 0.3 is 12.1 Å². The van der Waals surface area contributed by atoms with Gasteiger partial charge in [-0.3, -0.25) is 19.4 Å². The Morgan fingerprint density at radius 3 is 2.50 bits per heavy atom. The number of nitrogens with zero attached hydrogens (tertiary/aromatic N) is 4. The number of hydrazone groups is 1. The third kappa shape index (κ3) is 2.60. The first kappa shape index (κ1) is 19.9. The molecule has 0 bridgehead atoms. The van der Waals surface area contributed by atoms with E-state index in [0.717, 1.165) is 32.2 Å². The molecular weight excluding hydrogens is 410 g/mol. The molecule has 2 aromatic carbocycles. The molecule has 162 valence electrons.